The highest BCUT2D eigenvalue weighted by molar-refractivity contribution is 5.88. The quantitative estimate of drug-likeness (QED) is 0.765. The maximum atomic E-state index is 12.2. The van der Waals surface area contributed by atoms with Gasteiger partial charge in [0.05, 0.1) is 6.10 Å². The van der Waals surface area contributed by atoms with Crippen LogP contribution >= 0.6 is 0 Å². The molecule has 0 aliphatic carbocycles. The standard InChI is InChI=1S/C12H20F3N3O3/c1-8(21-2)3-5-16-11(20)17-9-4-6-18(10(9)19)7-12(13,14)15/h8-9H,3-7H2,1-2H3,(H2,16,17,20)/t8-,9+/m1/s1. The molecule has 1 aliphatic heterocycles. The number of nitrogens with one attached hydrogen (secondary N) is 2. The van der Waals surface area contributed by atoms with Crippen molar-refractivity contribution in [3.63, 3.8) is 0 Å². The minimum Gasteiger partial charge on any atom is -0.382 e. The highest BCUT2D eigenvalue weighted by atomic mass is 19.4. The second-order valence-corrected chi connectivity index (χ2v) is 4.95. The van der Waals surface area contributed by atoms with E-state index in [0.717, 1.165) is 0 Å². The Morgan fingerprint density at radius 3 is 2.76 bits per heavy atom. The van der Waals surface area contributed by atoms with Gasteiger partial charge in [-0.25, -0.2) is 4.79 Å². The maximum Gasteiger partial charge on any atom is 0.406 e. The lowest BCUT2D eigenvalue weighted by Gasteiger charge is -2.19. The zero-order valence-corrected chi connectivity index (χ0v) is 12.0. The Bertz CT molecular complexity index is 376. The van der Waals surface area contributed by atoms with Gasteiger partial charge in [-0.2, -0.15) is 13.2 Å². The average Bonchev–Trinajstić information content (AvgIpc) is 2.69. The number of nitrogens with zero attached hydrogens (tertiary/aromatic N) is 1. The predicted molar refractivity (Wildman–Crippen MR) is 68.7 cm³/mol. The highest BCUT2D eigenvalue weighted by Crippen LogP contribution is 2.20. The van der Waals surface area contributed by atoms with Gasteiger partial charge in [-0.3, -0.25) is 4.79 Å². The molecule has 1 aliphatic rings. The Kier molecular flexibility index (Phi) is 6.25. The summed E-state index contributed by atoms with van der Waals surface area (Å²) in [5.74, 6) is -0.701. The lowest BCUT2D eigenvalue weighted by Crippen LogP contribution is -2.47. The second-order valence-electron chi connectivity index (χ2n) is 4.95. The molecule has 0 aromatic rings. The van der Waals surface area contributed by atoms with Crippen LogP contribution in [0.3, 0.4) is 0 Å². The summed E-state index contributed by atoms with van der Waals surface area (Å²) in [5, 5.41) is 4.92. The van der Waals surface area contributed by atoms with Crippen LogP contribution in [-0.2, 0) is 9.53 Å². The van der Waals surface area contributed by atoms with E-state index in [1.165, 1.54) is 0 Å². The molecule has 3 amide bonds. The predicted octanol–water partition coefficient (Wildman–Crippen LogP) is 0.874. The van der Waals surface area contributed by atoms with E-state index in [4.69, 9.17) is 4.74 Å². The van der Waals surface area contributed by atoms with Crippen molar-refractivity contribution in [1.82, 2.24) is 15.5 Å². The SMILES string of the molecule is CO[C@H](C)CCNC(=O)N[C@H]1CCN(CC(F)(F)F)C1=O. The molecule has 2 N–H and O–H groups in total. The fourth-order valence-electron chi connectivity index (χ4n) is 1.96. The molecule has 0 aromatic heterocycles. The van der Waals surface area contributed by atoms with Gasteiger partial charge in [0.25, 0.3) is 0 Å². The van der Waals surface area contributed by atoms with Crippen LogP contribution in [-0.4, -0.2) is 61.9 Å². The Balaban J connectivity index is 2.32. The topological polar surface area (TPSA) is 70.7 Å². The normalized spacial score (nSPS) is 20.5. The first-order valence-electron chi connectivity index (χ1n) is 6.65. The van der Waals surface area contributed by atoms with Crippen molar-refractivity contribution >= 4 is 11.9 Å². The second kappa shape index (κ2) is 7.48. The van der Waals surface area contributed by atoms with Crippen molar-refractivity contribution in [2.24, 2.45) is 0 Å². The van der Waals surface area contributed by atoms with Gasteiger partial charge < -0.3 is 20.3 Å². The van der Waals surface area contributed by atoms with Crippen molar-refractivity contribution < 1.29 is 27.5 Å². The minimum atomic E-state index is -4.43. The monoisotopic (exact) mass is 311 g/mol. The summed E-state index contributed by atoms with van der Waals surface area (Å²) in [6.45, 7) is 0.907. The summed E-state index contributed by atoms with van der Waals surface area (Å²) >= 11 is 0. The minimum absolute atomic E-state index is 0.00992. The molecule has 6 nitrogen and oxygen atoms in total. The number of carbonyl (C=O) groups excluding carboxylic acids is 2. The Hall–Kier alpha value is -1.51. The molecule has 1 saturated heterocycles. The number of hydrogen-bond donors (Lipinski definition) is 2. The van der Waals surface area contributed by atoms with Crippen LogP contribution in [0.2, 0.25) is 0 Å². The van der Waals surface area contributed by atoms with Crippen molar-refractivity contribution in [2.45, 2.75) is 38.1 Å². The number of amides is 3. The van der Waals surface area contributed by atoms with E-state index >= 15 is 0 Å². The van der Waals surface area contributed by atoms with Gasteiger partial charge in [0.15, 0.2) is 0 Å². The summed E-state index contributed by atoms with van der Waals surface area (Å²) in [4.78, 5) is 24.0. The van der Waals surface area contributed by atoms with E-state index in [9.17, 15) is 22.8 Å². The van der Waals surface area contributed by atoms with E-state index in [0.29, 0.717) is 17.9 Å². The third-order valence-corrected chi connectivity index (χ3v) is 3.21. The Labute approximate surface area is 121 Å². The number of halogens is 3. The zero-order chi connectivity index (χ0) is 16.0. The maximum absolute atomic E-state index is 12.2. The van der Waals surface area contributed by atoms with E-state index in [2.05, 4.69) is 10.6 Å². The van der Waals surface area contributed by atoms with Gasteiger partial charge in [0.2, 0.25) is 5.91 Å². The van der Waals surface area contributed by atoms with Crippen molar-refractivity contribution in [3.8, 4) is 0 Å². The first kappa shape index (κ1) is 17.5. The van der Waals surface area contributed by atoms with Crippen LogP contribution in [0.1, 0.15) is 19.8 Å². The molecule has 1 rings (SSSR count). The van der Waals surface area contributed by atoms with Gasteiger partial charge in [-0.05, 0) is 19.8 Å². The summed E-state index contributed by atoms with van der Waals surface area (Å²) in [6, 6.07) is -1.46. The number of urea groups is 1. The molecule has 21 heavy (non-hydrogen) atoms. The Morgan fingerprint density at radius 1 is 1.52 bits per heavy atom. The molecule has 2 atom stereocenters. The molecule has 0 aromatic carbocycles. The highest BCUT2D eigenvalue weighted by Gasteiger charge is 2.39. The molecule has 0 saturated carbocycles. The van der Waals surface area contributed by atoms with Gasteiger partial charge in [0, 0.05) is 20.2 Å². The first-order chi connectivity index (χ1) is 9.73. The molecular formula is C12H20F3N3O3. The molecule has 1 fully saturated rings. The molecule has 0 unspecified atom stereocenters. The van der Waals surface area contributed by atoms with Crippen LogP contribution < -0.4 is 10.6 Å². The van der Waals surface area contributed by atoms with Crippen LogP contribution in [0.4, 0.5) is 18.0 Å². The number of ether oxygens (including phenoxy) is 1. The number of hydrogen-bond acceptors (Lipinski definition) is 3. The average molecular weight is 311 g/mol. The van der Waals surface area contributed by atoms with Crippen molar-refractivity contribution in [1.29, 1.82) is 0 Å². The van der Waals surface area contributed by atoms with Crippen molar-refractivity contribution in [2.75, 3.05) is 26.7 Å². The van der Waals surface area contributed by atoms with Crippen LogP contribution in [0.15, 0.2) is 0 Å². The largest absolute Gasteiger partial charge is 0.406 e. The third kappa shape index (κ3) is 6.19. The number of rotatable bonds is 6. The number of likely N-dealkylation sites (tertiary alicyclic amines) is 1. The lowest BCUT2D eigenvalue weighted by atomic mass is 10.2. The number of alkyl halides is 3. The third-order valence-electron chi connectivity index (χ3n) is 3.21. The number of carbonyl (C=O) groups is 2. The molecule has 0 spiro atoms. The van der Waals surface area contributed by atoms with E-state index in [-0.39, 0.29) is 19.1 Å². The zero-order valence-electron chi connectivity index (χ0n) is 12.0. The van der Waals surface area contributed by atoms with Gasteiger partial charge in [0.1, 0.15) is 12.6 Å². The van der Waals surface area contributed by atoms with Gasteiger partial charge >= 0.3 is 12.2 Å². The number of methoxy groups -OCH3 is 1. The molecular weight excluding hydrogens is 291 g/mol. The molecule has 9 heteroatoms. The first-order valence-corrected chi connectivity index (χ1v) is 6.65. The summed E-state index contributed by atoms with van der Waals surface area (Å²) in [5.41, 5.74) is 0. The fourth-order valence-corrected chi connectivity index (χ4v) is 1.96. The lowest BCUT2D eigenvalue weighted by molar-refractivity contribution is -0.157. The summed E-state index contributed by atoms with van der Waals surface area (Å²) in [6.07, 6.45) is -3.66. The van der Waals surface area contributed by atoms with Gasteiger partial charge in [-0.1, -0.05) is 0 Å². The van der Waals surface area contributed by atoms with E-state index in [1.807, 2.05) is 6.92 Å². The fraction of sp³-hybridized carbons (Fsp3) is 0.833. The van der Waals surface area contributed by atoms with Crippen molar-refractivity contribution in [3.05, 3.63) is 0 Å². The van der Waals surface area contributed by atoms with Crippen LogP contribution in [0.5, 0.6) is 0 Å². The summed E-state index contributed by atoms with van der Waals surface area (Å²) in [7, 11) is 1.55. The molecule has 0 radical (unpaired) electrons. The molecule has 0 bridgehead atoms. The summed E-state index contributed by atoms with van der Waals surface area (Å²) < 4.78 is 41.7. The Morgan fingerprint density at radius 2 is 2.19 bits per heavy atom. The van der Waals surface area contributed by atoms with E-state index < -0.39 is 30.7 Å². The van der Waals surface area contributed by atoms with Crippen LogP contribution in [0, 0.1) is 0 Å². The molecule has 122 valence electrons. The smallest absolute Gasteiger partial charge is 0.382 e. The van der Waals surface area contributed by atoms with Crippen LogP contribution in [0.25, 0.3) is 0 Å². The van der Waals surface area contributed by atoms with E-state index in [1.54, 1.807) is 7.11 Å². The molecule has 1 heterocycles. The van der Waals surface area contributed by atoms with Gasteiger partial charge in [-0.15, -0.1) is 0 Å².